The van der Waals surface area contributed by atoms with Gasteiger partial charge >= 0.3 is 0 Å². The van der Waals surface area contributed by atoms with Gasteiger partial charge in [0.25, 0.3) is 0 Å². The molecule has 0 aromatic rings. The summed E-state index contributed by atoms with van der Waals surface area (Å²) in [4.78, 5) is 0. The zero-order valence-electron chi connectivity index (χ0n) is 8.83. The van der Waals surface area contributed by atoms with Crippen LogP contribution in [0.15, 0.2) is 0 Å². The molecule has 2 unspecified atom stereocenters. The third-order valence-electron chi connectivity index (χ3n) is 2.30. The molecule has 3 heteroatoms. The molecule has 0 aromatic carbocycles. The first-order valence-corrected chi connectivity index (χ1v) is 5.08. The molecule has 0 aromatic heterocycles. The molecule has 0 saturated heterocycles. The highest BCUT2D eigenvalue weighted by atomic mass is 32.1. The highest BCUT2D eigenvalue weighted by Gasteiger charge is 2.24. The van der Waals surface area contributed by atoms with Crippen molar-refractivity contribution >= 4 is 27.8 Å². The van der Waals surface area contributed by atoms with Gasteiger partial charge in [-0.1, -0.05) is 51.7 Å². The van der Waals surface area contributed by atoms with Crippen LogP contribution >= 0.6 is 12.6 Å². The van der Waals surface area contributed by atoms with Crippen molar-refractivity contribution in [3.63, 3.8) is 0 Å². The Kier molecular flexibility index (Phi) is 4.83. The molecular formula is C9H19B2S. The second-order valence-corrected chi connectivity index (χ2v) is 5.12. The lowest BCUT2D eigenvalue weighted by atomic mass is 9.49. The van der Waals surface area contributed by atoms with Crippen LogP contribution in [0, 0.1) is 5.92 Å². The number of thiol groups is 1. The van der Waals surface area contributed by atoms with E-state index in [1.807, 2.05) is 13.8 Å². The molecule has 0 aliphatic rings. The van der Waals surface area contributed by atoms with Crippen molar-refractivity contribution in [1.82, 2.24) is 0 Å². The average Bonchev–Trinajstić information content (AvgIpc) is 1.85. The van der Waals surface area contributed by atoms with Crippen LogP contribution in [0.1, 0.15) is 34.6 Å². The summed E-state index contributed by atoms with van der Waals surface area (Å²) in [6.07, 6.45) is 0. The minimum absolute atomic E-state index is 0.176. The Labute approximate surface area is 85.0 Å². The minimum atomic E-state index is -0.216. The molecular weight excluding hydrogens is 162 g/mol. The van der Waals surface area contributed by atoms with E-state index < -0.39 is 0 Å². The molecule has 0 nitrogen and oxygen atoms in total. The molecule has 0 aliphatic heterocycles. The summed E-state index contributed by atoms with van der Waals surface area (Å²) in [6.45, 7) is 10.7. The van der Waals surface area contributed by atoms with E-state index in [2.05, 4.69) is 40.7 Å². The average molecular weight is 181 g/mol. The molecule has 0 saturated carbocycles. The third-order valence-corrected chi connectivity index (χ3v) is 3.14. The van der Waals surface area contributed by atoms with Crippen molar-refractivity contribution in [2.24, 2.45) is 5.92 Å². The van der Waals surface area contributed by atoms with Crippen molar-refractivity contribution in [3.05, 3.63) is 0 Å². The van der Waals surface area contributed by atoms with E-state index >= 15 is 0 Å². The molecule has 67 valence electrons. The molecule has 0 amide bonds. The summed E-state index contributed by atoms with van der Waals surface area (Å²) >= 11 is 4.46. The Balaban J connectivity index is 3.93. The number of rotatable bonds is 4. The molecule has 0 fully saturated rings. The van der Waals surface area contributed by atoms with Gasteiger partial charge in [0, 0.05) is 0 Å². The highest BCUT2D eigenvalue weighted by molar-refractivity contribution is 7.82. The lowest BCUT2D eigenvalue weighted by Gasteiger charge is -2.29. The molecule has 3 radical (unpaired) electrons. The molecule has 0 heterocycles. The van der Waals surface area contributed by atoms with Gasteiger partial charge in [0.1, 0.15) is 7.28 Å². The Morgan fingerprint density at radius 1 is 1.25 bits per heavy atom. The van der Waals surface area contributed by atoms with E-state index in [9.17, 15) is 0 Å². The molecule has 12 heavy (non-hydrogen) atoms. The second-order valence-electron chi connectivity index (χ2n) is 4.56. The largest absolute Gasteiger partial charge is 0.185 e. The maximum Gasteiger partial charge on any atom is 0.130 e. The summed E-state index contributed by atoms with van der Waals surface area (Å²) in [7, 11) is 8.15. The van der Waals surface area contributed by atoms with Gasteiger partial charge in [-0.25, -0.2) is 0 Å². The van der Waals surface area contributed by atoms with Crippen LogP contribution in [-0.2, 0) is 0 Å². The van der Waals surface area contributed by atoms with Crippen LogP contribution in [-0.4, -0.2) is 20.3 Å². The zero-order chi connectivity index (χ0) is 9.94. The van der Waals surface area contributed by atoms with Gasteiger partial charge < -0.3 is 0 Å². The summed E-state index contributed by atoms with van der Waals surface area (Å²) < 4.78 is 0. The molecule has 0 aliphatic carbocycles. The van der Waals surface area contributed by atoms with Crippen LogP contribution in [0.5, 0.6) is 0 Å². The van der Waals surface area contributed by atoms with Gasteiger partial charge in [0.15, 0.2) is 0 Å². The van der Waals surface area contributed by atoms with Crippen LogP contribution in [0.3, 0.4) is 0 Å². The van der Waals surface area contributed by atoms with Crippen molar-refractivity contribution in [2.75, 3.05) is 0 Å². The standard InChI is InChI=1S/C9H19B2S/c1-6(2)7(3)11-8(12)9(4,5)10/h6-8,12H,1-5H3. The minimum Gasteiger partial charge on any atom is -0.185 e. The Hall–Kier alpha value is 0.480. The predicted molar refractivity (Wildman–Crippen MR) is 62.6 cm³/mol. The normalized spacial score (nSPS) is 17.6. The van der Waals surface area contributed by atoms with Gasteiger partial charge in [-0.05, 0) is 5.15 Å². The SMILES string of the molecule is [B]C(C)(C)C(S)[B]C(C)C(C)C. The quantitative estimate of drug-likeness (QED) is 0.500. The summed E-state index contributed by atoms with van der Waals surface area (Å²) in [5.41, 5.74) is 0. The number of hydrogen-bond acceptors (Lipinski definition) is 1. The van der Waals surface area contributed by atoms with E-state index in [1.165, 1.54) is 0 Å². The Bertz CT molecular complexity index is 129. The topological polar surface area (TPSA) is 0 Å². The first-order chi connectivity index (χ1) is 5.25. The van der Waals surface area contributed by atoms with Crippen molar-refractivity contribution < 1.29 is 0 Å². The van der Waals surface area contributed by atoms with Gasteiger partial charge in [-0.2, -0.15) is 12.6 Å². The fourth-order valence-corrected chi connectivity index (χ4v) is 1.03. The van der Waals surface area contributed by atoms with E-state index in [0.29, 0.717) is 11.7 Å². The van der Waals surface area contributed by atoms with E-state index in [0.717, 1.165) is 0 Å². The van der Waals surface area contributed by atoms with Gasteiger partial charge in [0.2, 0.25) is 0 Å². The summed E-state index contributed by atoms with van der Waals surface area (Å²) in [5.74, 6) is 1.25. The van der Waals surface area contributed by atoms with E-state index in [1.54, 1.807) is 0 Å². The van der Waals surface area contributed by atoms with Crippen molar-refractivity contribution in [1.29, 1.82) is 0 Å². The molecule has 0 rings (SSSR count). The lowest BCUT2D eigenvalue weighted by Crippen LogP contribution is -2.28. The maximum absolute atomic E-state index is 5.92. The molecule has 0 bridgehead atoms. The van der Waals surface area contributed by atoms with Crippen LogP contribution in [0.25, 0.3) is 0 Å². The smallest absolute Gasteiger partial charge is 0.130 e. The van der Waals surface area contributed by atoms with E-state index in [4.69, 9.17) is 7.85 Å². The second kappa shape index (κ2) is 4.64. The first kappa shape index (κ1) is 12.5. The Morgan fingerprint density at radius 2 is 1.67 bits per heavy atom. The lowest BCUT2D eigenvalue weighted by molar-refractivity contribution is 0.609. The molecule has 0 spiro atoms. The van der Waals surface area contributed by atoms with Crippen molar-refractivity contribution in [2.45, 2.75) is 50.9 Å². The fourth-order valence-electron chi connectivity index (χ4n) is 0.758. The summed E-state index contributed by atoms with van der Waals surface area (Å²) in [5, 5.41) is -0.0402. The van der Waals surface area contributed by atoms with Gasteiger partial charge in [-0.3, -0.25) is 0 Å². The molecule has 0 N–H and O–H groups in total. The Morgan fingerprint density at radius 3 is 1.92 bits per heavy atom. The maximum atomic E-state index is 5.92. The number of hydrogen-bond donors (Lipinski definition) is 1. The molecule has 2 atom stereocenters. The van der Waals surface area contributed by atoms with Crippen LogP contribution in [0.4, 0.5) is 0 Å². The summed E-state index contributed by atoms with van der Waals surface area (Å²) in [6, 6.07) is 0. The zero-order valence-corrected chi connectivity index (χ0v) is 9.73. The third kappa shape index (κ3) is 4.49. The van der Waals surface area contributed by atoms with Gasteiger partial charge in [-0.15, -0.1) is 0 Å². The highest BCUT2D eigenvalue weighted by Crippen LogP contribution is 2.31. The fraction of sp³-hybridized carbons (Fsp3) is 1.00. The van der Waals surface area contributed by atoms with Crippen molar-refractivity contribution in [3.8, 4) is 0 Å². The monoisotopic (exact) mass is 181 g/mol. The van der Waals surface area contributed by atoms with Crippen LogP contribution < -0.4 is 0 Å². The van der Waals surface area contributed by atoms with Gasteiger partial charge in [0.05, 0.1) is 7.85 Å². The predicted octanol–water partition coefficient (Wildman–Crippen LogP) is 2.78. The first-order valence-electron chi connectivity index (χ1n) is 4.57. The van der Waals surface area contributed by atoms with Crippen LogP contribution in [0.2, 0.25) is 11.1 Å². The van der Waals surface area contributed by atoms with E-state index in [-0.39, 0.29) is 10.5 Å².